The first kappa shape index (κ1) is 12.6. The van der Waals surface area contributed by atoms with Gasteiger partial charge in [0.1, 0.15) is 0 Å². The first-order valence-electron chi connectivity index (χ1n) is 7.04. The molecule has 1 aromatic heterocycles. The van der Waals surface area contributed by atoms with Crippen LogP contribution in [0.2, 0.25) is 0 Å². The highest BCUT2D eigenvalue weighted by molar-refractivity contribution is 5.08. The normalized spacial score (nSPS) is 19.1. The lowest BCUT2D eigenvalue weighted by Crippen LogP contribution is -2.25. The Labute approximate surface area is 105 Å². The summed E-state index contributed by atoms with van der Waals surface area (Å²) >= 11 is 0. The van der Waals surface area contributed by atoms with Gasteiger partial charge in [0, 0.05) is 12.2 Å². The van der Waals surface area contributed by atoms with E-state index in [-0.39, 0.29) is 0 Å². The minimum atomic E-state index is 0.448. The maximum atomic E-state index is 4.50. The molecule has 2 heteroatoms. The fraction of sp³-hybridized carbons (Fsp3) is 0.667. The Morgan fingerprint density at radius 2 is 2.12 bits per heavy atom. The van der Waals surface area contributed by atoms with E-state index >= 15 is 0 Å². The Morgan fingerprint density at radius 3 is 2.76 bits per heavy atom. The van der Waals surface area contributed by atoms with Crippen molar-refractivity contribution in [2.24, 2.45) is 5.92 Å². The zero-order valence-electron chi connectivity index (χ0n) is 10.9. The molecular formula is C15H24N2. The molecule has 0 radical (unpaired) electrons. The molecular weight excluding hydrogens is 208 g/mol. The summed E-state index contributed by atoms with van der Waals surface area (Å²) in [4.78, 5) is 4.50. The van der Waals surface area contributed by atoms with Crippen LogP contribution in [0.5, 0.6) is 0 Å². The number of hydrogen-bond acceptors (Lipinski definition) is 2. The highest BCUT2D eigenvalue weighted by Gasteiger charge is 2.20. The first-order chi connectivity index (χ1) is 8.40. The maximum absolute atomic E-state index is 4.50. The molecule has 1 atom stereocenters. The van der Waals surface area contributed by atoms with Crippen molar-refractivity contribution < 1.29 is 0 Å². The van der Waals surface area contributed by atoms with Crippen LogP contribution in [-0.4, -0.2) is 11.5 Å². The fourth-order valence-corrected chi connectivity index (χ4v) is 2.89. The van der Waals surface area contributed by atoms with Crippen LogP contribution in [-0.2, 0) is 0 Å². The van der Waals surface area contributed by atoms with E-state index in [2.05, 4.69) is 29.4 Å². The minimum Gasteiger partial charge on any atom is -0.309 e. The molecule has 0 aromatic carbocycles. The SMILES string of the molecule is CCNC(CC1CCCCC1)c1ccccn1. The highest BCUT2D eigenvalue weighted by Crippen LogP contribution is 2.31. The molecule has 1 aromatic rings. The van der Waals surface area contributed by atoms with Crippen molar-refractivity contribution in [1.29, 1.82) is 0 Å². The molecule has 1 aliphatic rings. The van der Waals surface area contributed by atoms with Crippen LogP contribution in [0.3, 0.4) is 0 Å². The van der Waals surface area contributed by atoms with Gasteiger partial charge in [-0.1, -0.05) is 45.1 Å². The number of rotatable bonds is 5. The number of aromatic nitrogens is 1. The first-order valence-corrected chi connectivity index (χ1v) is 7.04. The van der Waals surface area contributed by atoms with Crippen LogP contribution in [0.25, 0.3) is 0 Å². The monoisotopic (exact) mass is 232 g/mol. The molecule has 1 N–H and O–H groups in total. The van der Waals surface area contributed by atoms with Crippen LogP contribution in [0, 0.1) is 5.92 Å². The Bertz CT molecular complexity index is 304. The molecule has 0 saturated heterocycles. The Morgan fingerprint density at radius 1 is 1.29 bits per heavy atom. The Hall–Kier alpha value is -0.890. The standard InChI is InChI=1S/C15H24N2/c1-2-16-15(14-10-6-7-11-17-14)12-13-8-4-3-5-9-13/h6-7,10-11,13,15-16H,2-5,8-9,12H2,1H3. The summed E-state index contributed by atoms with van der Waals surface area (Å²) in [5.41, 5.74) is 1.21. The second kappa shape index (κ2) is 6.75. The van der Waals surface area contributed by atoms with E-state index in [1.54, 1.807) is 0 Å². The van der Waals surface area contributed by atoms with Gasteiger partial charge >= 0.3 is 0 Å². The van der Waals surface area contributed by atoms with Gasteiger partial charge in [-0.3, -0.25) is 4.98 Å². The Balaban J connectivity index is 1.96. The molecule has 0 amide bonds. The molecule has 0 bridgehead atoms. The van der Waals surface area contributed by atoms with E-state index in [1.807, 2.05) is 12.3 Å². The molecule has 1 heterocycles. The molecule has 0 spiro atoms. The van der Waals surface area contributed by atoms with E-state index in [0.29, 0.717) is 6.04 Å². The van der Waals surface area contributed by atoms with Crippen molar-refractivity contribution >= 4 is 0 Å². The van der Waals surface area contributed by atoms with Crippen LogP contribution >= 0.6 is 0 Å². The third-order valence-corrected chi connectivity index (χ3v) is 3.79. The summed E-state index contributed by atoms with van der Waals surface area (Å²) in [5.74, 6) is 0.898. The van der Waals surface area contributed by atoms with E-state index in [1.165, 1.54) is 44.2 Å². The molecule has 1 fully saturated rings. The van der Waals surface area contributed by atoms with Crippen molar-refractivity contribution in [2.45, 2.75) is 51.5 Å². The Kier molecular flexibility index (Phi) is 4.99. The van der Waals surface area contributed by atoms with Gasteiger partial charge < -0.3 is 5.32 Å². The summed E-state index contributed by atoms with van der Waals surface area (Å²) in [6.45, 7) is 3.20. The lowest BCUT2D eigenvalue weighted by molar-refractivity contribution is 0.299. The number of hydrogen-bond donors (Lipinski definition) is 1. The highest BCUT2D eigenvalue weighted by atomic mass is 14.9. The van der Waals surface area contributed by atoms with Crippen LogP contribution < -0.4 is 5.32 Å². The van der Waals surface area contributed by atoms with Gasteiger partial charge in [-0.05, 0) is 31.0 Å². The van der Waals surface area contributed by atoms with E-state index in [4.69, 9.17) is 0 Å². The van der Waals surface area contributed by atoms with E-state index < -0.39 is 0 Å². The fourth-order valence-electron chi connectivity index (χ4n) is 2.89. The molecule has 0 aliphatic heterocycles. The van der Waals surface area contributed by atoms with Crippen molar-refractivity contribution in [2.75, 3.05) is 6.54 Å². The second-order valence-electron chi connectivity index (χ2n) is 5.10. The summed E-state index contributed by atoms with van der Waals surface area (Å²) in [7, 11) is 0. The van der Waals surface area contributed by atoms with Crippen molar-refractivity contribution in [3.05, 3.63) is 30.1 Å². The lowest BCUT2D eigenvalue weighted by Gasteiger charge is -2.26. The van der Waals surface area contributed by atoms with E-state index in [0.717, 1.165) is 12.5 Å². The van der Waals surface area contributed by atoms with Gasteiger partial charge in [0.05, 0.1) is 5.69 Å². The molecule has 2 nitrogen and oxygen atoms in total. The van der Waals surface area contributed by atoms with E-state index in [9.17, 15) is 0 Å². The summed E-state index contributed by atoms with van der Waals surface area (Å²) < 4.78 is 0. The third kappa shape index (κ3) is 3.81. The van der Waals surface area contributed by atoms with Crippen LogP contribution in [0.1, 0.15) is 57.2 Å². The van der Waals surface area contributed by atoms with Gasteiger partial charge in [-0.25, -0.2) is 0 Å². The molecule has 17 heavy (non-hydrogen) atoms. The van der Waals surface area contributed by atoms with Gasteiger partial charge in [-0.2, -0.15) is 0 Å². The molecule has 1 aliphatic carbocycles. The smallest absolute Gasteiger partial charge is 0.0573 e. The van der Waals surface area contributed by atoms with Crippen LogP contribution in [0.15, 0.2) is 24.4 Å². The van der Waals surface area contributed by atoms with Gasteiger partial charge in [0.2, 0.25) is 0 Å². The summed E-state index contributed by atoms with van der Waals surface area (Å²) in [6.07, 6.45) is 10.3. The number of nitrogens with one attached hydrogen (secondary N) is 1. The number of nitrogens with zero attached hydrogens (tertiary/aromatic N) is 1. The van der Waals surface area contributed by atoms with Gasteiger partial charge in [0.25, 0.3) is 0 Å². The largest absolute Gasteiger partial charge is 0.309 e. The molecule has 1 saturated carbocycles. The average Bonchev–Trinajstić information content (AvgIpc) is 2.40. The quantitative estimate of drug-likeness (QED) is 0.837. The molecule has 94 valence electrons. The predicted octanol–water partition coefficient (Wildman–Crippen LogP) is 3.70. The molecule has 2 rings (SSSR count). The van der Waals surface area contributed by atoms with Crippen LogP contribution in [0.4, 0.5) is 0 Å². The topological polar surface area (TPSA) is 24.9 Å². The maximum Gasteiger partial charge on any atom is 0.0573 e. The lowest BCUT2D eigenvalue weighted by atomic mass is 9.84. The number of pyridine rings is 1. The zero-order chi connectivity index (χ0) is 11.9. The average molecular weight is 232 g/mol. The van der Waals surface area contributed by atoms with Crippen molar-refractivity contribution in [3.63, 3.8) is 0 Å². The summed E-state index contributed by atoms with van der Waals surface area (Å²) in [5, 5.41) is 3.58. The third-order valence-electron chi connectivity index (χ3n) is 3.79. The van der Waals surface area contributed by atoms with Gasteiger partial charge in [-0.15, -0.1) is 0 Å². The van der Waals surface area contributed by atoms with Crippen molar-refractivity contribution in [3.8, 4) is 0 Å². The second-order valence-corrected chi connectivity index (χ2v) is 5.10. The minimum absolute atomic E-state index is 0.448. The molecule has 1 unspecified atom stereocenters. The zero-order valence-corrected chi connectivity index (χ0v) is 10.9. The summed E-state index contributed by atoms with van der Waals surface area (Å²) in [6, 6.07) is 6.68. The predicted molar refractivity (Wildman–Crippen MR) is 71.8 cm³/mol. The van der Waals surface area contributed by atoms with Crippen molar-refractivity contribution in [1.82, 2.24) is 10.3 Å². The van der Waals surface area contributed by atoms with Gasteiger partial charge in [0.15, 0.2) is 0 Å².